The van der Waals surface area contributed by atoms with Crippen molar-refractivity contribution < 1.29 is 23.5 Å². The zero-order valence-corrected chi connectivity index (χ0v) is 15.8. The molecule has 28 heavy (non-hydrogen) atoms. The van der Waals surface area contributed by atoms with Crippen LogP contribution in [0.15, 0.2) is 42.5 Å². The Labute approximate surface area is 163 Å². The predicted molar refractivity (Wildman–Crippen MR) is 102 cm³/mol. The van der Waals surface area contributed by atoms with Crippen LogP contribution in [0.2, 0.25) is 0 Å². The number of halogens is 1. The van der Waals surface area contributed by atoms with Gasteiger partial charge >= 0.3 is 0 Å². The third kappa shape index (κ3) is 4.79. The Bertz CT molecular complexity index is 852. The zero-order valence-electron chi connectivity index (χ0n) is 15.8. The highest BCUT2D eigenvalue weighted by molar-refractivity contribution is 5.96. The van der Waals surface area contributed by atoms with Gasteiger partial charge in [0, 0.05) is 5.56 Å². The number of carbonyl (C=O) groups excluding carboxylic acids is 2. The molecule has 0 aliphatic carbocycles. The molecule has 1 atom stereocenters. The smallest absolute Gasteiger partial charge is 0.251 e. The highest BCUT2D eigenvalue weighted by Crippen LogP contribution is 2.34. The van der Waals surface area contributed by atoms with Crippen LogP contribution in [-0.4, -0.2) is 31.6 Å². The molecule has 148 valence electrons. The van der Waals surface area contributed by atoms with Gasteiger partial charge in [0.2, 0.25) is 5.91 Å². The minimum Gasteiger partial charge on any atom is -0.486 e. The first-order chi connectivity index (χ1) is 13.4. The maximum Gasteiger partial charge on any atom is 0.251 e. The van der Waals surface area contributed by atoms with Crippen LogP contribution in [0.25, 0.3) is 0 Å². The minimum absolute atomic E-state index is 0.124. The van der Waals surface area contributed by atoms with Gasteiger partial charge in [-0.3, -0.25) is 9.59 Å². The molecule has 2 aromatic carbocycles. The van der Waals surface area contributed by atoms with Crippen LogP contribution < -0.4 is 20.1 Å². The van der Waals surface area contributed by atoms with E-state index in [1.165, 1.54) is 24.3 Å². The number of ether oxygens (including phenoxy) is 2. The molecular weight excluding hydrogens is 363 g/mol. The summed E-state index contributed by atoms with van der Waals surface area (Å²) < 4.78 is 24.1. The Balaban J connectivity index is 1.61. The van der Waals surface area contributed by atoms with Gasteiger partial charge in [0.1, 0.15) is 19.0 Å². The van der Waals surface area contributed by atoms with Crippen molar-refractivity contribution in [2.24, 2.45) is 5.92 Å². The van der Waals surface area contributed by atoms with E-state index >= 15 is 0 Å². The molecule has 0 saturated carbocycles. The lowest BCUT2D eigenvalue weighted by Gasteiger charge is -2.25. The lowest BCUT2D eigenvalue weighted by atomic mass is 9.95. The van der Waals surface area contributed by atoms with Gasteiger partial charge in [-0.15, -0.1) is 0 Å². The van der Waals surface area contributed by atoms with Gasteiger partial charge in [0.25, 0.3) is 5.91 Å². The summed E-state index contributed by atoms with van der Waals surface area (Å²) in [7, 11) is 0. The summed E-state index contributed by atoms with van der Waals surface area (Å²) in [5.74, 6) is 0.302. The molecule has 0 saturated heterocycles. The fourth-order valence-electron chi connectivity index (χ4n) is 2.98. The first kappa shape index (κ1) is 19.7. The quantitative estimate of drug-likeness (QED) is 0.800. The van der Waals surface area contributed by atoms with Crippen molar-refractivity contribution >= 4 is 11.8 Å². The molecule has 2 N–H and O–H groups in total. The van der Waals surface area contributed by atoms with Crippen LogP contribution in [0, 0.1) is 11.7 Å². The van der Waals surface area contributed by atoms with Crippen LogP contribution in [-0.2, 0) is 4.79 Å². The molecule has 6 nitrogen and oxygen atoms in total. The highest BCUT2D eigenvalue weighted by Gasteiger charge is 2.21. The Morgan fingerprint density at radius 1 is 1.04 bits per heavy atom. The zero-order chi connectivity index (χ0) is 20.1. The number of amides is 2. The fraction of sp³-hybridized carbons (Fsp3) is 0.333. The van der Waals surface area contributed by atoms with Crippen molar-refractivity contribution in [3.8, 4) is 11.5 Å². The van der Waals surface area contributed by atoms with Crippen molar-refractivity contribution in [1.82, 2.24) is 10.6 Å². The summed E-state index contributed by atoms with van der Waals surface area (Å²) in [5.41, 5.74) is 1.19. The fourth-order valence-corrected chi connectivity index (χ4v) is 2.98. The van der Waals surface area contributed by atoms with E-state index in [9.17, 15) is 14.0 Å². The second-order valence-corrected chi connectivity index (χ2v) is 6.88. The second kappa shape index (κ2) is 8.73. The van der Waals surface area contributed by atoms with E-state index in [-0.39, 0.29) is 24.4 Å². The Morgan fingerprint density at radius 2 is 1.71 bits per heavy atom. The SMILES string of the molecule is CC(C)[C@H](NC(=O)CNC(=O)c1ccc(F)cc1)c1ccc2c(c1)OCCO2. The standard InChI is InChI=1S/C21H23FN2O4/c1-13(2)20(15-5-8-17-18(11-15)28-10-9-27-17)24-19(25)12-23-21(26)14-3-6-16(22)7-4-14/h3-8,11,13,20H,9-10,12H2,1-2H3,(H,23,26)(H,24,25)/t20-/m0/s1. The predicted octanol–water partition coefficient (Wildman–Crippen LogP) is 2.84. The number of nitrogens with one attached hydrogen (secondary N) is 2. The van der Waals surface area contributed by atoms with Gasteiger partial charge in [-0.2, -0.15) is 0 Å². The van der Waals surface area contributed by atoms with E-state index < -0.39 is 11.7 Å². The highest BCUT2D eigenvalue weighted by atomic mass is 19.1. The maximum atomic E-state index is 12.9. The second-order valence-electron chi connectivity index (χ2n) is 6.88. The summed E-state index contributed by atoms with van der Waals surface area (Å²) >= 11 is 0. The average Bonchev–Trinajstić information content (AvgIpc) is 2.70. The minimum atomic E-state index is -0.435. The largest absolute Gasteiger partial charge is 0.486 e. The molecule has 1 heterocycles. The van der Waals surface area contributed by atoms with Crippen molar-refractivity contribution in [1.29, 1.82) is 0 Å². The van der Waals surface area contributed by atoms with Crippen molar-refractivity contribution in [2.75, 3.05) is 19.8 Å². The third-order valence-corrected chi connectivity index (χ3v) is 4.42. The monoisotopic (exact) mass is 386 g/mol. The number of rotatable bonds is 6. The molecule has 2 aromatic rings. The number of carbonyl (C=O) groups is 2. The molecule has 7 heteroatoms. The number of fused-ring (bicyclic) bond motifs is 1. The molecule has 0 bridgehead atoms. The van der Waals surface area contributed by atoms with Gasteiger partial charge in [-0.25, -0.2) is 4.39 Å². The molecule has 0 fully saturated rings. The van der Waals surface area contributed by atoms with E-state index in [1.807, 2.05) is 32.0 Å². The molecular formula is C21H23FN2O4. The van der Waals surface area contributed by atoms with Crippen molar-refractivity contribution in [3.63, 3.8) is 0 Å². The van der Waals surface area contributed by atoms with Gasteiger partial charge in [-0.05, 0) is 47.9 Å². The van der Waals surface area contributed by atoms with Gasteiger partial charge in [-0.1, -0.05) is 19.9 Å². The maximum absolute atomic E-state index is 12.9. The van der Waals surface area contributed by atoms with Crippen molar-refractivity contribution in [2.45, 2.75) is 19.9 Å². The number of hydrogen-bond acceptors (Lipinski definition) is 4. The van der Waals surface area contributed by atoms with Gasteiger partial charge in [0.05, 0.1) is 12.6 Å². The summed E-state index contributed by atoms with van der Waals surface area (Å²) in [6.45, 7) is 4.83. The summed E-state index contributed by atoms with van der Waals surface area (Å²) in [4.78, 5) is 24.4. The van der Waals surface area contributed by atoms with E-state index in [4.69, 9.17) is 9.47 Å². The molecule has 3 rings (SSSR count). The average molecular weight is 386 g/mol. The third-order valence-electron chi connectivity index (χ3n) is 4.42. The van der Waals surface area contributed by atoms with E-state index in [1.54, 1.807) is 0 Å². The molecule has 1 aliphatic heterocycles. The van der Waals surface area contributed by atoms with E-state index in [0.717, 1.165) is 5.56 Å². The molecule has 1 aliphatic rings. The molecule has 0 unspecified atom stereocenters. The van der Waals surface area contributed by atoms with E-state index in [0.29, 0.717) is 30.3 Å². The first-order valence-corrected chi connectivity index (χ1v) is 9.16. The Morgan fingerprint density at radius 3 is 2.39 bits per heavy atom. The van der Waals surface area contributed by atoms with Crippen molar-refractivity contribution in [3.05, 3.63) is 59.4 Å². The summed E-state index contributed by atoms with van der Waals surface area (Å²) in [6, 6.07) is 10.5. The topological polar surface area (TPSA) is 76.7 Å². The van der Waals surface area contributed by atoms with Gasteiger partial charge < -0.3 is 20.1 Å². The summed E-state index contributed by atoms with van der Waals surface area (Å²) in [6.07, 6.45) is 0. The van der Waals surface area contributed by atoms with Crippen LogP contribution in [0.5, 0.6) is 11.5 Å². The molecule has 2 amide bonds. The molecule has 0 radical (unpaired) electrons. The first-order valence-electron chi connectivity index (χ1n) is 9.16. The normalized spacial score (nSPS) is 13.7. The lowest BCUT2D eigenvalue weighted by molar-refractivity contribution is -0.121. The lowest BCUT2D eigenvalue weighted by Crippen LogP contribution is -2.40. The van der Waals surface area contributed by atoms with Gasteiger partial charge in [0.15, 0.2) is 11.5 Å². The summed E-state index contributed by atoms with van der Waals surface area (Å²) in [5, 5.41) is 5.49. The molecule has 0 aromatic heterocycles. The number of benzene rings is 2. The Kier molecular flexibility index (Phi) is 6.13. The van der Waals surface area contributed by atoms with E-state index in [2.05, 4.69) is 10.6 Å². The van der Waals surface area contributed by atoms with Crippen LogP contribution in [0.4, 0.5) is 4.39 Å². The van der Waals surface area contributed by atoms with Crippen LogP contribution >= 0.6 is 0 Å². The van der Waals surface area contributed by atoms with Crippen LogP contribution in [0.3, 0.4) is 0 Å². The van der Waals surface area contributed by atoms with Crippen LogP contribution in [0.1, 0.15) is 35.8 Å². The molecule has 0 spiro atoms. The number of hydrogen-bond donors (Lipinski definition) is 2. The Hall–Kier alpha value is -3.09.